The van der Waals surface area contributed by atoms with Crippen LogP contribution in [0, 0.1) is 0 Å². The summed E-state index contributed by atoms with van der Waals surface area (Å²) in [5, 5.41) is 0. The summed E-state index contributed by atoms with van der Waals surface area (Å²) in [6.07, 6.45) is 0. The van der Waals surface area contributed by atoms with Gasteiger partial charge in [0.05, 0.1) is 0 Å². The van der Waals surface area contributed by atoms with E-state index in [2.05, 4.69) is 0 Å². The Bertz CT molecular complexity index is 520. The van der Waals surface area contributed by atoms with Crippen LogP contribution < -0.4 is 5.73 Å². The zero-order chi connectivity index (χ0) is 13.0. The lowest BCUT2D eigenvalue weighted by Gasteiger charge is -2.19. The molecule has 1 aromatic carbocycles. The molecule has 0 bridgehead atoms. The Morgan fingerprint density at radius 3 is 2.50 bits per heavy atom. The third-order valence-corrected chi connectivity index (χ3v) is 2.72. The van der Waals surface area contributed by atoms with Crippen molar-refractivity contribution in [3.63, 3.8) is 0 Å². The van der Waals surface area contributed by atoms with Gasteiger partial charge in [-0.15, -0.1) is 0 Å². The van der Waals surface area contributed by atoms with Crippen molar-refractivity contribution in [1.82, 2.24) is 4.90 Å². The van der Waals surface area contributed by atoms with Gasteiger partial charge in [0.25, 0.3) is 5.91 Å². The highest BCUT2D eigenvalue weighted by Gasteiger charge is 2.17. The highest BCUT2D eigenvalue weighted by atomic mass is 16.4. The lowest BCUT2D eigenvalue weighted by Crippen LogP contribution is -2.29. The van der Waals surface area contributed by atoms with Crippen LogP contribution in [0.2, 0.25) is 0 Å². The normalized spacial score (nSPS) is 10.3. The Morgan fingerprint density at radius 1 is 1.22 bits per heavy atom. The van der Waals surface area contributed by atoms with Gasteiger partial charge in [-0.2, -0.15) is 0 Å². The second-order valence-electron chi connectivity index (χ2n) is 4.01. The fraction of sp³-hybridized carbons (Fsp3) is 0.214. The first-order valence-corrected chi connectivity index (χ1v) is 5.89. The first-order chi connectivity index (χ1) is 8.70. The molecule has 0 fully saturated rings. The van der Waals surface area contributed by atoms with Gasteiger partial charge in [0.2, 0.25) is 0 Å². The summed E-state index contributed by atoms with van der Waals surface area (Å²) >= 11 is 0. The van der Waals surface area contributed by atoms with Crippen LogP contribution in [0.5, 0.6) is 0 Å². The second-order valence-corrected chi connectivity index (χ2v) is 4.01. The van der Waals surface area contributed by atoms with Gasteiger partial charge in [-0.1, -0.05) is 30.3 Å². The summed E-state index contributed by atoms with van der Waals surface area (Å²) in [5.74, 6) is 0.400. The molecule has 0 aliphatic heterocycles. The van der Waals surface area contributed by atoms with Gasteiger partial charge >= 0.3 is 0 Å². The largest absolute Gasteiger partial charge is 0.436 e. The molecule has 0 unspecified atom stereocenters. The average Bonchev–Trinajstić information content (AvgIpc) is 2.83. The maximum absolute atomic E-state index is 12.2. The molecule has 2 aromatic rings. The average molecular weight is 244 g/mol. The standard InChI is InChI=1S/C14H16N2O2/c1-2-16(10-11-6-4-3-5-7-11)14(17)12-8-9-13(15)18-12/h3-9H,2,10,15H2,1H3. The van der Waals surface area contributed by atoms with E-state index in [0.29, 0.717) is 13.1 Å². The zero-order valence-electron chi connectivity index (χ0n) is 10.3. The Hall–Kier alpha value is -2.23. The molecule has 0 saturated carbocycles. The molecule has 4 heteroatoms. The monoisotopic (exact) mass is 244 g/mol. The Labute approximate surface area is 106 Å². The minimum atomic E-state index is -0.141. The molecular weight excluding hydrogens is 228 g/mol. The third-order valence-electron chi connectivity index (χ3n) is 2.72. The number of nitrogens with zero attached hydrogens (tertiary/aromatic N) is 1. The second kappa shape index (κ2) is 5.40. The van der Waals surface area contributed by atoms with Crippen LogP contribution in [0.15, 0.2) is 46.9 Å². The van der Waals surface area contributed by atoms with E-state index in [1.165, 1.54) is 0 Å². The quantitative estimate of drug-likeness (QED) is 0.899. The summed E-state index contributed by atoms with van der Waals surface area (Å²) < 4.78 is 5.15. The van der Waals surface area contributed by atoms with Crippen LogP contribution in [0.3, 0.4) is 0 Å². The summed E-state index contributed by atoms with van der Waals surface area (Å²) in [7, 11) is 0. The molecule has 0 saturated heterocycles. The van der Waals surface area contributed by atoms with E-state index in [0.717, 1.165) is 5.56 Å². The number of rotatable bonds is 4. The topological polar surface area (TPSA) is 59.5 Å². The fourth-order valence-electron chi connectivity index (χ4n) is 1.75. The Morgan fingerprint density at radius 2 is 1.94 bits per heavy atom. The molecule has 2 N–H and O–H groups in total. The molecule has 94 valence electrons. The molecule has 18 heavy (non-hydrogen) atoms. The van der Waals surface area contributed by atoms with Crippen molar-refractivity contribution in [2.45, 2.75) is 13.5 Å². The van der Waals surface area contributed by atoms with Crippen LogP contribution in [0.25, 0.3) is 0 Å². The van der Waals surface area contributed by atoms with E-state index in [4.69, 9.17) is 10.2 Å². The van der Waals surface area contributed by atoms with E-state index in [1.807, 2.05) is 37.3 Å². The van der Waals surface area contributed by atoms with Crippen LogP contribution in [-0.4, -0.2) is 17.4 Å². The number of amides is 1. The lowest BCUT2D eigenvalue weighted by molar-refractivity contribution is 0.0721. The van der Waals surface area contributed by atoms with Gasteiger partial charge in [-0.3, -0.25) is 4.79 Å². The van der Waals surface area contributed by atoms with E-state index < -0.39 is 0 Å². The number of benzene rings is 1. The number of hydrogen-bond acceptors (Lipinski definition) is 3. The van der Waals surface area contributed by atoms with Gasteiger partial charge in [0.15, 0.2) is 11.6 Å². The van der Waals surface area contributed by atoms with Crippen molar-refractivity contribution < 1.29 is 9.21 Å². The molecule has 0 radical (unpaired) electrons. The van der Waals surface area contributed by atoms with Crippen LogP contribution >= 0.6 is 0 Å². The summed E-state index contributed by atoms with van der Waals surface area (Å²) in [4.78, 5) is 13.9. The minimum absolute atomic E-state index is 0.141. The fourth-order valence-corrected chi connectivity index (χ4v) is 1.75. The van der Waals surface area contributed by atoms with Gasteiger partial charge < -0.3 is 15.1 Å². The first-order valence-electron chi connectivity index (χ1n) is 5.89. The molecule has 0 atom stereocenters. The summed E-state index contributed by atoms with van der Waals surface area (Å²) in [6, 6.07) is 13.0. The molecule has 0 aliphatic rings. The number of carbonyl (C=O) groups is 1. The number of hydrogen-bond donors (Lipinski definition) is 1. The number of furan rings is 1. The van der Waals surface area contributed by atoms with E-state index in [1.54, 1.807) is 17.0 Å². The van der Waals surface area contributed by atoms with Crippen LogP contribution in [-0.2, 0) is 6.54 Å². The van der Waals surface area contributed by atoms with Gasteiger partial charge in [-0.05, 0) is 18.6 Å². The smallest absolute Gasteiger partial charge is 0.289 e. The number of nitrogens with two attached hydrogens (primary N) is 1. The first kappa shape index (κ1) is 12.2. The molecule has 0 spiro atoms. The molecule has 1 aromatic heterocycles. The van der Waals surface area contributed by atoms with E-state index in [-0.39, 0.29) is 17.6 Å². The number of nitrogen functional groups attached to an aromatic ring is 1. The van der Waals surface area contributed by atoms with E-state index >= 15 is 0 Å². The van der Waals surface area contributed by atoms with Crippen molar-refractivity contribution in [3.8, 4) is 0 Å². The Balaban J connectivity index is 2.12. The summed E-state index contributed by atoms with van der Waals surface area (Å²) in [6.45, 7) is 3.12. The van der Waals surface area contributed by atoms with Crippen molar-refractivity contribution in [2.75, 3.05) is 12.3 Å². The number of carbonyl (C=O) groups excluding carboxylic acids is 1. The van der Waals surface area contributed by atoms with E-state index in [9.17, 15) is 4.79 Å². The third kappa shape index (κ3) is 2.71. The molecule has 4 nitrogen and oxygen atoms in total. The highest BCUT2D eigenvalue weighted by Crippen LogP contribution is 2.14. The molecule has 0 aliphatic carbocycles. The van der Waals surface area contributed by atoms with Gasteiger partial charge in [0, 0.05) is 19.2 Å². The lowest BCUT2D eigenvalue weighted by atomic mass is 10.2. The number of anilines is 1. The van der Waals surface area contributed by atoms with Gasteiger partial charge in [-0.25, -0.2) is 0 Å². The summed E-state index contributed by atoms with van der Waals surface area (Å²) in [5.41, 5.74) is 6.56. The predicted molar refractivity (Wildman–Crippen MR) is 70.0 cm³/mol. The predicted octanol–water partition coefficient (Wildman–Crippen LogP) is 2.52. The van der Waals surface area contributed by atoms with Crippen molar-refractivity contribution >= 4 is 11.8 Å². The van der Waals surface area contributed by atoms with Crippen molar-refractivity contribution in [2.24, 2.45) is 0 Å². The SMILES string of the molecule is CCN(Cc1ccccc1)C(=O)c1ccc(N)o1. The van der Waals surface area contributed by atoms with Crippen LogP contribution in [0.4, 0.5) is 5.88 Å². The maximum atomic E-state index is 12.2. The van der Waals surface area contributed by atoms with Crippen LogP contribution in [0.1, 0.15) is 23.0 Å². The van der Waals surface area contributed by atoms with Crippen molar-refractivity contribution in [1.29, 1.82) is 0 Å². The Kier molecular flexibility index (Phi) is 3.67. The maximum Gasteiger partial charge on any atom is 0.289 e. The molecule has 1 heterocycles. The highest BCUT2D eigenvalue weighted by molar-refractivity contribution is 5.91. The molecule has 1 amide bonds. The zero-order valence-corrected chi connectivity index (χ0v) is 10.3. The minimum Gasteiger partial charge on any atom is -0.436 e. The molecular formula is C14H16N2O2. The van der Waals surface area contributed by atoms with Gasteiger partial charge in [0.1, 0.15) is 0 Å². The van der Waals surface area contributed by atoms with Crippen molar-refractivity contribution in [3.05, 3.63) is 53.8 Å². The molecule has 2 rings (SSSR count).